The van der Waals surface area contributed by atoms with Crippen molar-refractivity contribution in [2.75, 3.05) is 20.3 Å². The number of fused-ring (bicyclic) bond motifs is 1. The number of alkyl halides is 3. The lowest BCUT2D eigenvalue weighted by atomic mass is 10.1. The van der Waals surface area contributed by atoms with Gasteiger partial charge in [0.15, 0.2) is 11.5 Å². The molecule has 0 unspecified atom stereocenters. The monoisotopic (exact) mass is 319 g/mol. The number of halogens is 3. The zero-order chi connectivity index (χ0) is 16.2. The van der Waals surface area contributed by atoms with Crippen LogP contribution in [0.5, 0.6) is 17.2 Å². The summed E-state index contributed by atoms with van der Waals surface area (Å²) in [6.07, 6.45) is -6.08. The Morgan fingerprint density at radius 1 is 1.27 bits per heavy atom. The minimum Gasteiger partial charge on any atom is -0.496 e. The Labute approximate surface area is 125 Å². The Morgan fingerprint density at radius 2 is 1.91 bits per heavy atom. The van der Waals surface area contributed by atoms with Gasteiger partial charge in [0.05, 0.1) is 13.5 Å². The molecule has 1 aliphatic heterocycles. The molecule has 1 aromatic carbocycles. The van der Waals surface area contributed by atoms with Crippen molar-refractivity contribution in [1.82, 2.24) is 5.32 Å². The van der Waals surface area contributed by atoms with Crippen LogP contribution in [0.25, 0.3) is 0 Å². The quantitative estimate of drug-likeness (QED) is 0.905. The van der Waals surface area contributed by atoms with E-state index in [2.05, 4.69) is 5.32 Å². The minimum atomic E-state index is -4.34. The standard InChI is InChI=1S/C14H16F3NO4/c1-20-10-7-12-11(21-4-5-22-12)6-9(10)8-18-13(19)2-3-14(15,16)17/h6-7H,2-5,8H2,1H3,(H,18,19). The number of methoxy groups -OCH3 is 1. The molecule has 0 aromatic heterocycles. The van der Waals surface area contributed by atoms with Crippen LogP contribution in [-0.4, -0.2) is 32.4 Å². The van der Waals surface area contributed by atoms with E-state index < -0.39 is 24.9 Å². The Kier molecular flexibility index (Phi) is 4.99. The van der Waals surface area contributed by atoms with E-state index in [0.29, 0.717) is 36.0 Å². The molecule has 0 atom stereocenters. The van der Waals surface area contributed by atoms with Gasteiger partial charge in [-0.3, -0.25) is 4.79 Å². The van der Waals surface area contributed by atoms with Gasteiger partial charge in [-0.25, -0.2) is 0 Å². The van der Waals surface area contributed by atoms with Crippen molar-refractivity contribution in [3.8, 4) is 17.2 Å². The van der Waals surface area contributed by atoms with Crippen LogP contribution < -0.4 is 19.5 Å². The fourth-order valence-corrected chi connectivity index (χ4v) is 1.98. The van der Waals surface area contributed by atoms with Gasteiger partial charge in [0, 0.05) is 24.6 Å². The maximum absolute atomic E-state index is 12.1. The Morgan fingerprint density at radius 3 is 2.50 bits per heavy atom. The maximum atomic E-state index is 12.1. The number of rotatable bonds is 5. The molecule has 0 spiro atoms. The molecular formula is C14H16F3NO4. The molecule has 22 heavy (non-hydrogen) atoms. The first-order valence-electron chi connectivity index (χ1n) is 6.69. The summed E-state index contributed by atoms with van der Waals surface area (Å²) < 4.78 is 52.2. The summed E-state index contributed by atoms with van der Waals surface area (Å²) in [6.45, 7) is 0.900. The molecule has 1 amide bonds. The third-order valence-corrected chi connectivity index (χ3v) is 3.06. The second kappa shape index (κ2) is 6.76. The molecule has 0 saturated carbocycles. The predicted octanol–water partition coefficient (Wildman–Crippen LogP) is 2.43. The lowest BCUT2D eigenvalue weighted by Crippen LogP contribution is -2.25. The Hall–Kier alpha value is -2.12. The second-order valence-corrected chi connectivity index (χ2v) is 4.70. The highest BCUT2D eigenvalue weighted by Crippen LogP contribution is 2.36. The summed E-state index contributed by atoms with van der Waals surface area (Å²) >= 11 is 0. The molecule has 5 nitrogen and oxygen atoms in total. The van der Waals surface area contributed by atoms with Crippen LogP contribution in [0.2, 0.25) is 0 Å². The van der Waals surface area contributed by atoms with Gasteiger partial charge >= 0.3 is 6.18 Å². The smallest absolute Gasteiger partial charge is 0.389 e. The van der Waals surface area contributed by atoms with E-state index in [0.717, 1.165) is 0 Å². The molecule has 2 rings (SSSR count). The van der Waals surface area contributed by atoms with Crippen molar-refractivity contribution in [3.63, 3.8) is 0 Å². The van der Waals surface area contributed by atoms with Crippen LogP contribution >= 0.6 is 0 Å². The van der Waals surface area contributed by atoms with Gasteiger partial charge < -0.3 is 19.5 Å². The van der Waals surface area contributed by atoms with E-state index in [1.54, 1.807) is 12.1 Å². The highest BCUT2D eigenvalue weighted by molar-refractivity contribution is 5.76. The minimum absolute atomic E-state index is 0.0521. The Bertz CT molecular complexity index is 546. The van der Waals surface area contributed by atoms with Crippen molar-refractivity contribution in [2.24, 2.45) is 0 Å². The first-order chi connectivity index (χ1) is 10.4. The molecule has 122 valence electrons. The van der Waals surface area contributed by atoms with Crippen molar-refractivity contribution >= 4 is 5.91 Å². The number of hydrogen-bond acceptors (Lipinski definition) is 4. The van der Waals surface area contributed by atoms with E-state index in [-0.39, 0.29) is 6.54 Å². The number of benzene rings is 1. The van der Waals surface area contributed by atoms with Gasteiger partial charge in [0.25, 0.3) is 0 Å². The van der Waals surface area contributed by atoms with Crippen molar-refractivity contribution < 1.29 is 32.2 Å². The zero-order valence-corrected chi connectivity index (χ0v) is 12.0. The highest BCUT2D eigenvalue weighted by Gasteiger charge is 2.27. The molecule has 0 radical (unpaired) electrons. The predicted molar refractivity (Wildman–Crippen MR) is 71.1 cm³/mol. The van der Waals surface area contributed by atoms with Crippen molar-refractivity contribution in [3.05, 3.63) is 17.7 Å². The van der Waals surface area contributed by atoms with E-state index in [1.165, 1.54) is 7.11 Å². The molecular weight excluding hydrogens is 303 g/mol. The maximum Gasteiger partial charge on any atom is 0.389 e. The molecule has 0 aliphatic carbocycles. The molecule has 0 bridgehead atoms. The lowest BCUT2D eigenvalue weighted by Gasteiger charge is -2.21. The van der Waals surface area contributed by atoms with Gasteiger partial charge in [-0.15, -0.1) is 0 Å². The molecule has 0 saturated heterocycles. The third-order valence-electron chi connectivity index (χ3n) is 3.06. The summed E-state index contributed by atoms with van der Waals surface area (Å²) in [5.41, 5.74) is 0.604. The molecule has 1 heterocycles. The largest absolute Gasteiger partial charge is 0.496 e. The van der Waals surface area contributed by atoms with Crippen LogP contribution in [-0.2, 0) is 11.3 Å². The van der Waals surface area contributed by atoms with Crippen LogP contribution in [0.4, 0.5) is 13.2 Å². The van der Waals surface area contributed by atoms with Gasteiger partial charge in [0.2, 0.25) is 5.91 Å². The topological polar surface area (TPSA) is 56.8 Å². The number of nitrogens with one attached hydrogen (secondary N) is 1. The summed E-state index contributed by atoms with van der Waals surface area (Å²) in [5, 5.41) is 2.44. The van der Waals surface area contributed by atoms with Crippen LogP contribution in [0.3, 0.4) is 0 Å². The molecule has 1 aromatic rings. The number of hydrogen-bond donors (Lipinski definition) is 1. The molecule has 0 fully saturated rings. The third kappa shape index (κ3) is 4.44. The number of amides is 1. The van der Waals surface area contributed by atoms with E-state index >= 15 is 0 Å². The Balaban J connectivity index is 1.98. The SMILES string of the molecule is COc1cc2c(cc1CNC(=O)CCC(F)(F)F)OCCO2. The summed E-state index contributed by atoms with van der Waals surface area (Å²) in [5.74, 6) is 0.858. The van der Waals surface area contributed by atoms with Crippen molar-refractivity contribution in [1.29, 1.82) is 0 Å². The van der Waals surface area contributed by atoms with Crippen LogP contribution in [0.1, 0.15) is 18.4 Å². The zero-order valence-electron chi connectivity index (χ0n) is 12.0. The van der Waals surface area contributed by atoms with E-state index in [9.17, 15) is 18.0 Å². The summed E-state index contributed by atoms with van der Waals surface area (Å²) in [6, 6.07) is 3.28. The number of carbonyl (C=O) groups excluding carboxylic acids is 1. The summed E-state index contributed by atoms with van der Waals surface area (Å²) in [4.78, 5) is 11.4. The fraction of sp³-hybridized carbons (Fsp3) is 0.500. The second-order valence-electron chi connectivity index (χ2n) is 4.70. The summed E-state index contributed by atoms with van der Waals surface area (Å²) in [7, 11) is 1.46. The fourth-order valence-electron chi connectivity index (χ4n) is 1.98. The highest BCUT2D eigenvalue weighted by atomic mass is 19.4. The number of ether oxygens (including phenoxy) is 3. The molecule has 8 heteroatoms. The normalized spacial score (nSPS) is 13.6. The molecule has 1 N–H and O–H groups in total. The average Bonchev–Trinajstić information content (AvgIpc) is 2.49. The van der Waals surface area contributed by atoms with Crippen molar-refractivity contribution in [2.45, 2.75) is 25.6 Å². The van der Waals surface area contributed by atoms with Gasteiger partial charge in [-0.1, -0.05) is 0 Å². The van der Waals surface area contributed by atoms with Crippen LogP contribution in [0.15, 0.2) is 12.1 Å². The average molecular weight is 319 g/mol. The van der Waals surface area contributed by atoms with Gasteiger partial charge in [-0.2, -0.15) is 13.2 Å². The lowest BCUT2D eigenvalue weighted by molar-refractivity contribution is -0.144. The van der Waals surface area contributed by atoms with E-state index in [4.69, 9.17) is 14.2 Å². The molecule has 1 aliphatic rings. The van der Waals surface area contributed by atoms with Gasteiger partial charge in [0.1, 0.15) is 19.0 Å². The van der Waals surface area contributed by atoms with Gasteiger partial charge in [-0.05, 0) is 6.07 Å². The van der Waals surface area contributed by atoms with Crippen LogP contribution in [0, 0.1) is 0 Å². The first-order valence-corrected chi connectivity index (χ1v) is 6.69. The van der Waals surface area contributed by atoms with E-state index in [1.807, 2.05) is 0 Å². The number of carbonyl (C=O) groups is 1. The first kappa shape index (κ1) is 16.3.